The lowest BCUT2D eigenvalue weighted by Crippen LogP contribution is -2.17. The molecule has 4 rings (SSSR count). The van der Waals surface area contributed by atoms with Crippen LogP contribution in [-0.2, 0) is 6.54 Å². The van der Waals surface area contributed by atoms with Crippen molar-refractivity contribution in [1.82, 2.24) is 25.6 Å². The maximum atomic E-state index is 12.3. The molecule has 34 heavy (non-hydrogen) atoms. The second kappa shape index (κ2) is 9.88. The summed E-state index contributed by atoms with van der Waals surface area (Å²) in [5.41, 5.74) is 3.78. The van der Waals surface area contributed by atoms with Gasteiger partial charge in [0.2, 0.25) is 11.6 Å². The molecular formula is C22H16ClN7O4. The van der Waals surface area contributed by atoms with E-state index >= 15 is 0 Å². The number of phenolic OH excluding ortho intramolecular Hbond substituents is 1. The molecule has 0 atom stereocenters. The third-order valence-electron chi connectivity index (χ3n) is 4.68. The van der Waals surface area contributed by atoms with Crippen molar-refractivity contribution in [2.24, 2.45) is 5.10 Å². The van der Waals surface area contributed by atoms with Crippen LogP contribution in [-0.4, -0.2) is 42.4 Å². The van der Waals surface area contributed by atoms with Gasteiger partial charge in [0.25, 0.3) is 5.91 Å². The maximum absolute atomic E-state index is 12.3. The molecular weight excluding hydrogens is 462 g/mol. The molecule has 0 bridgehead atoms. The summed E-state index contributed by atoms with van der Waals surface area (Å²) in [6, 6.07) is 18.5. The average molecular weight is 478 g/mol. The number of nitrogens with zero attached hydrogens (tertiary/aromatic N) is 6. The van der Waals surface area contributed by atoms with E-state index in [0.29, 0.717) is 17.9 Å². The lowest BCUT2D eigenvalue weighted by Gasteiger charge is -2.04. The lowest BCUT2D eigenvalue weighted by atomic mass is 10.1. The summed E-state index contributed by atoms with van der Waals surface area (Å²) in [6.45, 7) is 0.368. The number of hydrogen-bond donors (Lipinski definition) is 2. The summed E-state index contributed by atoms with van der Waals surface area (Å²) in [6.07, 6.45) is 1.07. The van der Waals surface area contributed by atoms with E-state index in [-0.39, 0.29) is 10.6 Å². The van der Waals surface area contributed by atoms with Crippen molar-refractivity contribution in [1.29, 1.82) is 0 Å². The molecule has 2 N–H and O–H groups in total. The number of carbonyl (C=O) groups excluding carboxylic acids is 1. The number of hydrazone groups is 1. The zero-order chi connectivity index (χ0) is 24.1. The summed E-state index contributed by atoms with van der Waals surface area (Å²) in [4.78, 5) is 24.0. The van der Waals surface area contributed by atoms with Gasteiger partial charge in [0.15, 0.2) is 0 Å². The molecule has 3 aromatic carbocycles. The van der Waals surface area contributed by atoms with Gasteiger partial charge in [0, 0.05) is 27.8 Å². The minimum Gasteiger partial charge on any atom is -0.502 e. The highest BCUT2D eigenvalue weighted by Crippen LogP contribution is 2.32. The van der Waals surface area contributed by atoms with Crippen LogP contribution in [0.5, 0.6) is 5.75 Å². The predicted octanol–water partition coefficient (Wildman–Crippen LogP) is 3.42. The van der Waals surface area contributed by atoms with Crippen molar-refractivity contribution in [2.45, 2.75) is 6.54 Å². The number of phenols is 1. The van der Waals surface area contributed by atoms with Crippen LogP contribution in [0.15, 0.2) is 71.8 Å². The largest absolute Gasteiger partial charge is 0.502 e. The van der Waals surface area contributed by atoms with Gasteiger partial charge in [-0.3, -0.25) is 14.9 Å². The molecule has 11 nitrogen and oxygen atoms in total. The Labute approximate surface area is 197 Å². The van der Waals surface area contributed by atoms with E-state index in [2.05, 4.69) is 25.9 Å². The first-order chi connectivity index (χ1) is 16.4. The van der Waals surface area contributed by atoms with Crippen LogP contribution in [0.4, 0.5) is 5.69 Å². The smallest absolute Gasteiger partial charge is 0.312 e. The van der Waals surface area contributed by atoms with Gasteiger partial charge < -0.3 is 5.11 Å². The molecule has 0 aliphatic rings. The molecule has 0 saturated heterocycles. The molecule has 1 amide bonds. The van der Waals surface area contributed by atoms with Crippen molar-refractivity contribution in [3.8, 4) is 17.1 Å². The van der Waals surface area contributed by atoms with E-state index in [1.165, 1.54) is 10.9 Å². The number of halogens is 1. The zero-order valence-corrected chi connectivity index (χ0v) is 18.1. The summed E-state index contributed by atoms with van der Waals surface area (Å²) in [5.74, 6) is -0.594. The van der Waals surface area contributed by atoms with E-state index in [4.69, 9.17) is 11.6 Å². The molecule has 12 heteroatoms. The van der Waals surface area contributed by atoms with Gasteiger partial charge in [-0.2, -0.15) is 9.90 Å². The number of aromatic hydroxyl groups is 1. The molecule has 1 aromatic heterocycles. The van der Waals surface area contributed by atoms with Gasteiger partial charge in [-0.1, -0.05) is 54.1 Å². The van der Waals surface area contributed by atoms with Crippen molar-refractivity contribution < 1.29 is 14.8 Å². The third kappa shape index (κ3) is 5.22. The fraction of sp³-hybridized carbons (Fsp3) is 0.0455. The highest BCUT2D eigenvalue weighted by Gasteiger charge is 2.18. The molecule has 0 aliphatic heterocycles. The SMILES string of the molecule is O=C(N/N=C/c1cc(Cl)cc([N+](=O)[O-])c1O)c1ccc(Cn2nnc(-c3ccccc3)n2)cc1. The number of nitro groups is 1. The molecule has 4 aromatic rings. The molecule has 0 radical (unpaired) electrons. The van der Waals surface area contributed by atoms with Crippen LogP contribution in [0.25, 0.3) is 11.4 Å². The number of carbonyl (C=O) groups is 1. The van der Waals surface area contributed by atoms with Gasteiger partial charge >= 0.3 is 5.69 Å². The number of nitro benzene ring substituents is 1. The van der Waals surface area contributed by atoms with E-state index in [9.17, 15) is 20.0 Å². The summed E-state index contributed by atoms with van der Waals surface area (Å²) >= 11 is 5.83. The lowest BCUT2D eigenvalue weighted by molar-refractivity contribution is -0.385. The first-order valence-electron chi connectivity index (χ1n) is 9.83. The van der Waals surface area contributed by atoms with Crippen molar-refractivity contribution in [2.75, 3.05) is 0 Å². The summed E-state index contributed by atoms with van der Waals surface area (Å²) in [7, 11) is 0. The third-order valence-corrected chi connectivity index (χ3v) is 4.89. The average Bonchev–Trinajstić information content (AvgIpc) is 3.30. The van der Waals surface area contributed by atoms with Crippen molar-refractivity contribution in [3.05, 3.63) is 98.6 Å². The van der Waals surface area contributed by atoms with E-state index in [1.54, 1.807) is 24.3 Å². The Balaban J connectivity index is 1.38. The zero-order valence-electron chi connectivity index (χ0n) is 17.4. The first kappa shape index (κ1) is 22.6. The quantitative estimate of drug-likeness (QED) is 0.235. The Bertz CT molecular complexity index is 1370. The second-order valence-corrected chi connectivity index (χ2v) is 7.46. The predicted molar refractivity (Wildman–Crippen MR) is 124 cm³/mol. The number of benzene rings is 3. The van der Waals surface area contributed by atoms with Crippen LogP contribution < -0.4 is 5.43 Å². The number of rotatable bonds is 7. The number of aromatic nitrogens is 4. The molecule has 0 saturated carbocycles. The topological polar surface area (TPSA) is 148 Å². The Morgan fingerprint density at radius 3 is 2.62 bits per heavy atom. The molecule has 170 valence electrons. The minimum absolute atomic E-state index is 0.00921. The Hall–Kier alpha value is -4.64. The standard InChI is InChI=1S/C22H16ClN7O4/c23-18-10-17(20(31)19(11-18)30(33)34)12-24-26-22(32)16-8-6-14(7-9-16)13-29-27-21(25-28-29)15-4-2-1-3-5-15/h1-12,31H,13H2,(H,26,32)/b24-12+. The Morgan fingerprint density at radius 1 is 1.18 bits per heavy atom. The van der Waals surface area contributed by atoms with Gasteiger partial charge in [-0.25, -0.2) is 5.43 Å². The normalized spacial score (nSPS) is 11.0. The summed E-state index contributed by atoms with van der Waals surface area (Å²) < 4.78 is 0. The highest BCUT2D eigenvalue weighted by molar-refractivity contribution is 6.31. The molecule has 1 heterocycles. The van der Waals surface area contributed by atoms with E-state index in [0.717, 1.165) is 23.4 Å². The van der Waals surface area contributed by atoms with Gasteiger partial charge in [-0.05, 0) is 29.0 Å². The molecule has 0 unspecified atom stereocenters. The molecule has 0 aliphatic carbocycles. The number of amides is 1. The number of nitrogens with one attached hydrogen (secondary N) is 1. The van der Waals surface area contributed by atoms with Gasteiger partial charge in [0.05, 0.1) is 17.7 Å². The first-order valence-corrected chi connectivity index (χ1v) is 10.2. The number of hydrogen-bond acceptors (Lipinski definition) is 8. The molecule has 0 fully saturated rings. The second-order valence-electron chi connectivity index (χ2n) is 7.03. The van der Waals surface area contributed by atoms with Crippen LogP contribution >= 0.6 is 11.6 Å². The van der Waals surface area contributed by atoms with Gasteiger partial charge in [0.1, 0.15) is 0 Å². The minimum atomic E-state index is -0.768. The number of tetrazole rings is 1. The fourth-order valence-electron chi connectivity index (χ4n) is 3.01. The van der Waals surface area contributed by atoms with Crippen molar-refractivity contribution >= 4 is 29.4 Å². The Morgan fingerprint density at radius 2 is 1.91 bits per heavy atom. The van der Waals surface area contributed by atoms with Gasteiger partial charge in [-0.15, -0.1) is 10.2 Å². The van der Waals surface area contributed by atoms with Crippen molar-refractivity contribution in [3.63, 3.8) is 0 Å². The maximum Gasteiger partial charge on any atom is 0.312 e. The fourth-order valence-corrected chi connectivity index (χ4v) is 3.23. The molecule has 0 spiro atoms. The summed E-state index contributed by atoms with van der Waals surface area (Å²) in [5, 5.41) is 37.2. The van der Waals surface area contributed by atoms with Crippen LogP contribution in [0.1, 0.15) is 21.5 Å². The monoisotopic (exact) mass is 477 g/mol. The van der Waals surface area contributed by atoms with Crippen LogP contribution in [0.3, 0.4) is 0 Å². The Kier molecular flexibility index (Phi) is 6.55. The van der Waals surface area contributed by atoms with Crippen LogP contribution in [0, 0.1) is 10.1 Å². The van der Waals surface area contributed by atoms with E-state index < -0.39 is 22.3 Å². The van der Waals surface area contributed by atoms with E-state index in [1.807, 2.05) is 30.3 Å². The highest BCUT2D eigenvalue weighted by atomic mass is 35.5. The van der Waals surface area contributed by atoms with Crippen LogP contribution in [0.2, 0.25) is 5.02 Å².